The molecule has 0 aliphatic carbocycles. The molecule has 0 saturated carbocycles. The standard InChI is InChI=1S/C14H23NO4S/c1-10(2)13-9-12(20(15,16)17)5-6-14(13)19-8-7-18-11(3)4/h5-6,9-11H,7-8H2,1-4H3,(H2,15,16,17). The van der Waals surface area contributed by atoms with Crippen molar-refractivity contribution < 1.29 is 17.9 Å². The zero-order chi connectivity index (χ0) is 15.3. The highest BCUT2D eigenvalue weighted by Gasteiger charge is 2.14. The van der Waals surface area contributed by atoms with Crippen LogP contribution in [-0.2, 0) is 14.8 Å². The van der Waals surface area contributed by atoms with Crippen LogP contribution < -0.4 is 9.88 Å². The van der Waals surface area contributed by atoms with E-state index in [0.29, 0.717) is 19.0 Å². The van der Waals surface area contributed by atoms with Gasteiger partial charge in [-0.1, -0.05) is 13.8 Å². The molecule has 2 N–H and O–H groups in total. The van der Waals surface area contributed by atoms with E-state index in [2.05, 4.69) is 0 Å². The van der Waals surface area contributed by atoms with Crippen molar-refractivity contribution in [1.82, 2.24) is 0 Å². The second-order valence-electron chi connectivity index (χ2n) is 5.17. The molecule has 0 saturated heterocycles. The summed E-state index contributed by atoms with van der Waals surface area (Å²) in [5, 5.41) is 5.14. The van der Waals surface area contributed by atoms with Gasteiger partial charge in [-0.3, -0.25) is 0 Å². The molecule has 0 radical (unpaired) electrons. The summed E-state index contributed by atoms with van der Waals surface area (Å²) in [5.41, 5.74) is 0.820. The number of sulfonamides is 1. The summed E-state index contributed by atoms with van der Waals surface area (Å²) in [5.74, 6) is 0.803. The molecule has 0 amide bonds. The maximum Gasteiger partial charge on any atom is 0.238 e. The number of ether oxygens (including phenoxy) is 2. The number of benzene rings is 1. The summed E-state index contributed by atoms with van der Waals surface area (Å²) in [6.45, 7) is 8.78. The molecular formula is C14H23NO4S. The number of hydrogen-bond acceptors (Lipinski definition) is 4. The van der Waals surface area contributed by atoms with Crippen molar-refractivity contribution in [2.24, 2.45) is 5.14 Å². The molecule has 0 atom stereocenters. The molecule has 1 rings (SSSR count). The highest BCUT2D eigenvalue weighted by atomic mass is 32.2. The number of primary sulfonamides is 1. The molecule has 0 bridgehead atoms. The molecule has 20 heavy (non-hydrogen) atoms. The molecule has 0 aromatic heterocycles. The first-order chi connectivity index (χ1) is 9.21. The summed E-state index contributed by atoms with van der Waals surface area (Å²) in [6.07, 6.45) is 0.160. The van der Waals surface area contributed by atoms with E-state index < -0.39 is 10.0 Å². The van der Waals surface area contributed by atoms with Crippen molar-refractivity contribution in [2.45, 2.75) is 44.6 Å². The first kappa shape index (κ1) is 16.9. The van der Waals surface area contributed by atoms with Crippen molar-refractivity contribution in [3.8, 4) is 5.75 Å². The van der Waals surface area contributed by atoms with Gasteiger partial charge < -0.3 is 9.47 Å². The van der Waals surface area contributed by atoms with E-state index >= 15 is 0 Å². The molecule has 0 aliphatic heterocycles. The Bertz CT molecular complexity index is 538. The van der Waals surface area contributed by atoms with Crippen LogP contribution in [-0.4, -0.2) is 27.7 Å². The van der Waals surface area contributed by atoms with Crippen molar-refractivity contribution in [3.05, 3.63) is 23.8 Å². The molecule has 0 unspecified atom stereocenters. The highest BCUT2D eigenvalue weighted by Crippen LogP contribution is 2.28. The monoisotopic (exact) mass is 301 g/mol. The Kier molecular flexibility index (Phi) is 5.98. The van der Waals surface area contributed by atoms with E-state index in [1.165, 1.54) is 6.07 Å². The Morgan fingerprint density at radius 1 is 1.15 bits per heavy atom. The Balaban J connectivity index is 2.86. The minimum absolute atomic E-state index is 0.104. The quantitative estimate of drug-likeness (QED) is 0.784. The fraction of sp³-hybridized carbons (Fsp3) is 0.571. The lowest BCUT2D eigenvalue weighted by molar-refractivity contribution is 0.0550. The van der Waals surface area contributed by atoms with E-state index in [4.69, 9.17) is 14.6 Å². The lowest BCUT2D eigenvalue weighted by Gasteiger charge is -2.15. The van der Waals surface area contributed by atoms with Gasteiger partial charge in [0, 0.05) is 0 Å². The van der Waals surface area contributed by atoms with Crippen LogP contribution in [0.1, 0.15) is 39.2 Å². The van der Waals surface area contributed by atoms with Gasteiger partial charge in [-0.15, -0.1) is 0 Å². The Morgan fingerprint density at radius 2 is 1.80 bits per heavy atom. The first-order valence-electron chi connectivity index (χ1n) is 6.63. The molecule has 0 spiro atoms. The van der Waals surface area contributed by atoms with E-state index in [0.717, 1.165) is 5.56 Å². The maximum atomic E-state index is 11.4. The average molecular weight is 301 g/mol. The summed E-state index contributed by atoms with van der Waals surface area (Å²) < 4.78 is 33.8. The molecule has 0 heterocycles. The summed E-state index contributed by atoms with van der Waals surface area (Å²) >= 11 is 0. The van der Waals surface area contributed by atoms with Crippen LogP contribution in [0.5, 0.6) is 5.75 Å². The van der Waals surface area contributed by atoms with E-state index in [1.54, 1.807) is 12.1 Å². The maximum absolute atomic E-state index is 11.4. The van der Waals surface area contributed by atoms with Crippen molar-refractivity contribution >= 4 is 10.0 Å². The van der Waals surface area contributed by atoms with Crippen LogP contribution in [0.25, 0.3) is 0 Å². The zero-order valence-electron chi connectivity index (χ0n) is 12.4. The minimum atomic E-state index is -3.69. The second kappa shape index (κ2) is 7.06. The van der Waals surface area contributed by atoms with Crippen LogP contribution in [0.15, 0.2) is 23.1 Å². The third-order valence-corrected chi connectivity index (χ3v) is 3.63. The Labute approximate surface area is 121 Å². The number of nitrogens with two attached hydrogens (primary N) is 1. The molecule has 1 aromatic carbocycles. The normalized spacial score (nSPS) is 12.2. The summed E-state index contributed by atoms with van der Waals surface area (Å²) in [6, 6.07) is 4.67. The van der Waals surface area contributed by atoms with Crippen molar-refractivity contribution in [2.75, 3.05) is 13.2 Å². The van der Waals surface area contributed by atoms with Crippen molar-refractivity contribution in [1.29, 1.82) is 0 Å². The van der Waals surface area contributed by atoms with Crippen molar-refractivity contribution in [3.63, 3.8) is 0 Å². The van der Waals surface area contributed by atoms with Gasteiger partial charge in [0.15, 0.2) is 0 Å². The fourth-order valence-corrected chi connectivity index (χ4v) is 2.27. The van der Waals surface area contributed by atoms with E-state index in [9.17, 15) is 8.42 Å². The predicted molar refractivity (Wildman–Crippen MR) is 78.5 cm³/mol. The third-order valence-electron chi connectivity index (χ3n) is 2.72. The van der Waals surface area contributed by atoms with Crippen LogP contribution >= 0.6 is 0 Å². The lowest BCUT2D eigenvalue weighted by atomic mass is 10.0. The minimum Gasteiger partial charge on any atom is -0.491 e. The Hall–Kier alpha value is -1.11. The predicted octanol–water partition coefficient (Wildman–Crippen LogP) is 2.26. The average Bonchev–Trinajstić information content (AvgIpc) is 2.33. The first-order valence-corrected chi connectivity index (χ1v) is 8.17. The number of hydrogen-bond donors (Lipinski definition) is 1. The van der Waals surface area contributed by atoms with Gasteiger partial charge in [0.2, 0.25) is 10.0 Å². The van der Waals surface area contributed by atoms with Crippen LogP contribution in [0.3, 0.4) is 0 Å². The third kappa shape index (κ3) is 5.11. The molecule has 114 valence electrons. The number of rotatable bonds is 7. The molecule has 5 nitrogen and oxygen atoms in total. The molecule has 6 heteroatoms. The van der Waals surface area contributed by atoms with E-state index in [1.807, 2.05) is 27.7 Å². The van der Waals surface area contributed by atoms with Gasteiger partial charge in [-0.25, -0.2) is 13.6 Å². The van der Waals surface area contributed by atoms with Crippen LogP contribution in [0.4, 0.5) is 0 Å². The summed E-state index contributed by atoms with van der Waals surface area (Å²) in [7, 11) is -3.69. The Morgan fingerprint density at radius 3 is 2.30 bits per heavy atom. The topological polar surface area (TPSA) is 78.6 Å². The lowest BCUT2D eigenvalue weighted by Crippen LogP contribution is -2.14. The molecule has 0 aliphatic rings. The van der Waals surface area contributed by atoms with Gasteiger partial charge in [0.1, 0.15) is 12.4 Å². The van der Waals surface area contributed by atoms with Crippen LogP contribution in [0, 0.1) is 0 Å². The second-order valence-corrected chi connectivity index (χ2v) is 6.73. The van der Waals surface area contributed by atoms with Gasteiger partial charge in [0.25, 0.3) is 0 Å². The SMILES string of the molecule is CC(C)OCCOc1ccc(S(N)(=O)=O)cc1C(C)C. The zero-order valence-corrected chi connectivity index (χ0v) is 13.2. The van der Waals surface area contributed by atoms with Gasteiger partial charge >= 0.3 is 0 Å². The highest BCUT2D eigenvalue weighted by molar-refractivity contribution is 7.89. The smallest absolute Gasteiger partial charge is 0.238 e. The molecule has 1 aromatic rings. The van der Waals surface area contributed by atoms with Gasteiger partial charge in [-0.2, -0.15) is 0 Å². The van der Waals surface area contributed by atoms with Gasteiger partial charge in [0.05, 0.1) is 17.6 Å². The summed E-state index contributed by atoms with van der Waals surface area (Å²) in [4.78, 5) is 0.104. The van der Waals surface area contributed by atoms with Crippen LogP contribution in [0.2, 0.25) is 0 Å². The largest absolute Gasteiger partial charge is 0.491 e. The van der Waals surface area contributed by atoms with Gasteiger partial charge in [-0.05, 0) is 43.5 Å². The molecular weight excluding hydrogens is 278 g/mol. The fourth-order valence-electron chi connectivity index (χ4n) is 1.72. The van der Waals surface area contributed by atoms with E-state index in [-0.39, 0.29) is 16.9 Å². The molecule has 0 fully saturated rings.